The predicted molar refractivity (Wildman–Crippen MR) is 98.8 cm³/mol. The van der Waals surface area contributed by atoms with E-state index in [2.05, 4.69) is 21.9 Å². The molecule has 0 spiro atoms. The topological polar surface area (TPSA) is 56.2 Å². The van der Waals surface area contributed by atoms with Crippen LogP contribution in [0.5, 0.6) is 5.75 Å². The summed E-state index contributed by atoms with van der Waals surface area (Å²) in [7, 11) is 0. The lowest BCUT2D eigenvalue weighted by atomic mass is 10.1. The molecule has 0 radical (unpaired) electrons. The number of ether oxygens (including phenoxy) is 1. The molecule has 1 atom stereocenters. The van der Waals surface area contributed by atoms with Gasteiger partial charge >= 0.3 is 0 Å². The van der Waals surface area contributed by atoms with Gasteiger partial charge in [-0.1, -0.05) is 18.6 Å². The molecular formula is C20H32N2O3. The zero-order valence-electron chi connectivity index (χ0n) is 15.2. The maximum absolute atomic E-state index is 10.1. The number of piperidine rings is 1. The number of aliphatic hydroxyl groups excluding tert-OH is 1. The number of nitrogens with zero attached hydrogens (tertiary/aromatic N) is 2. The molecule has 0 amide bonds. The number of benzene rings is 1. The summed E-state index contributed by atoms with van der Waals surface area (Å²) < 4.78 is 5.93. The second-order valence-electron chi connectivity index (χ2n) is 7.59. The third-order valence-corrected chi connectivity index (χ3v) is 5.35. The largest absolute Gasteiger partial charge is 0.494 e. The summed E-state index contributed by atoms with van der Waals surface area (Å²) in [5.74, 6) is 0.924. The molecular weight excluding hydrogens is 316 g/mol. The Morgan fingerprint density at radius 2 is 1.92 bits per heavy atom. The molecule has 3 rings (SSSR count). The van der Waals surface area contributed by atoms with Gasteiger partial charge in [-0.2, -0.15) is 0 Å². The lowest BCUT2D eigenvalue weighted by Gasteiger charge is -2.26. The van der Waals surface area contributed by atoms with Crippen LogP contribution in [0.15, 0.2) is 24.3 Å². The summed E-state index contributed by atoms with van der Waals surface area (Å²) in [6.07, 6.45) is 5.76. The minimum Gasteiger partial charge on any atom is -0.494 e. The van der Waals surface area contributed by atoms with Crippen molar-refractivity contribution in [3.63, 3.8) is 0 Å². The van der Waals surface area contributed by atoms with Gasteiger partial charge in [0.1, 0.15) is 11.4 Å². The Morgan fingerprint density at radius 1 is 1.08 bits per heavy atom. The van der Waals surface area contributed by atoms with Crippen molar-refractivity contribution in [3.8, 4) is 5.75 Å². The number of hydrogen-bond acceptors (Lipinski definition) is 5. The van der Waals surface area contributed by atoms with Gasteiger partial charge in [0.15, 0.2) is 0 Å². The number of likely N-dealkylation sites (tertiary alicyclic amines) is 2. The molecule has 0 unspecified atom stereocenters. The third-order valence-electron chi connectivity index (χ3n) is 5.35. The van der Waals surface area contributed by atoms with Gasteiger partial charge in [-0.25, -0.2) is 0 Å². The zero-order valence-corrected chi connectivity index (χ0v) is 15.2. The normalized spacial score (nSPS) is 25.4. The van der Waals surface area contributed by atoms with Crippen molar-refractivity contribution in [2.75, 3.05) is 45.9 Å². The zero-order chi connectivity index (χ0) is 17.5. The van der Waals surface area contributed by atoms with Gasteiger partial charge in [0, 0.05) is 26.2 Å². The van der Waals surface area contributed by atoms with E-state index >= 15 is 0 Å². The first-order chi connectivity index (χ1) is 12.2. The van der Waals surface area contributed by atoms with E-state index in [1.165, 1.54) is 37.9 Å². The van der Waals surface area contributed by atoms with Gasteiger partial charge in [0.2, 0.25) is 0 Å². The Balaban J connectivity index is 1.40. The number of hydrogen-bond donors (Lipinski definition) is 2. The first-order valence-corrected chi connectivity index (χ1v) is 9.67. The van der Waals surface area contributed by atoms with Crippen molar-refractivity contribution >= 4 is 0 Å². The fraction of sp³-hybridized carbons (Fsp3) is 0.700. The van der Waals surface area contributed by atoms with E-state index in [1.54, 1.807) is 0 Å². The van der Waals surface area contributed by atoms with E-state index in [-0.39, 0.29) is 6.61 Å². The van der Waals surface area contributed by atoms with Crippen LogP contribution in [0.25, 0.3) is 0 Å². The molecule has 2 aliphatic heterocycles. The summed E-state index contributed by atoms with van der Waals surface area (Å²) in [6.45, 7) is 6.34. The van der Waals surface area contributed by atoms with Crippen LogP contribution in [-0.4, -0.2) is 71.6 Å². The molecule has 1 aromatic rings. The van der Waals surface area contributed by atoms with Crippen LogP contribution in [0.3, 0.4) is 0 Å². The van der Waals surface area contributed by atoms with Crippen LogP contribution in [0.4, 0.5) is 0 Å². The first kappa shape index (κ1) is 18.6. The lowest BCUT2D eigenvalue weighted by molar-refractivity contribution is -0.00580. The second-order valence-corrected chi connectivity index (χ2v) is 7.59. The Morgan fingerprint density at radius 3 is 2.68 bits per heavy atom. The number of rotatable bonds is 8. The molecule has 0 aromatic heterocycles. The molecule has 0 saturated carbocycles. The van der Waals surface area contributed by atoms with Crippen molar-refractivity contribution in [1.29, 1.82) is 0 Å². The van der Waals surface area contributed by atoms with Crippen LogP contribution >= 0.6 is 0 Å². The van der Waals surface area contributed by atoms with Crippen molar-refractivity contribution in [1.82, 2.24) is 9.80 Å². The van der Waals surface area contributed by atoms with E-state index in [0.29, 0.717) is 13.0 Å². The van der Waals surface area contributed by atoms with Crippen molar-refractivity contribution < 1.29 is 14.9 Å². The Bertz CT molecular complexity index is 533. The molecule has 2 aliphatic rings. The summed E-state index contributed by atoms with van der Waals surface area (Å²) in [5, 5.41) is 19.4. The average Bonchev–Trinajstić information content (AvgIpc) is 3.01. The van der Waals surface area contributed by atoms with Gasteiger partial charge in [-0.3, -0.25) is 4.90 Å². The quantitative estimate of drug-likeness (QED) is 0.703. The van der Waals surface area contributed by atoms with Crippen LogP contribution in [0.2, 0.25) is 0 Å². The van der Waals surface area contributed by atoms with Gasteiger partial charge in [-0.05, 0) is 56.5 Å². The minimum atomic E-state index is -0.928. The molecule has 0 aliphatic carbocycles. The van der Waals surface area contributed by atoms with Crippen molar-refractivity contribution in [2.45, 2.75) is 44.2 Å². The first-order valence-electron chi connectivity index (χ1n) is 9.67. The maximum atomic E-state index is 10.1. The number of β-amino-alcohol motifs (C(OH)–C–C–N with tert-alkyl or cyclic N) is 1. The van der Waals surface area contributed by atoms with Crippen LogP contribution in [0.1, 0.15) is 37.7 Å². The molecule has 5 heteroatoms. The highest BCUT2D eigenvalue weighted by Gasteiger charge is 2.35. The standard InChI is InChI=1S/C20H32N2O3/c23-17-20(24)8-12-22(16-20)15-18-6-4-7-19(14-18)25-13-5-11-21-9-2-1-3-10-21/h4,6-7,14,23-24H,1-3,5,8-13,15-17H2/t20-/m1/s1. The van der Waals surface area contributed by atoms with E-state index in [4.69, 9.17) is 4.74 Å². The van der Waals surface area contributed by atoms with Gasteiger partial charge in [-0.15, -0.1) is 0 Å². The Labute approximate surface area is 151 Å². The molecule has 25 heavy (non-hydrogen) atoms. The molecule has 2 fully saturated rings. The fourth-order valence-corrected chi connectivity index (χ4v) is 3.86. The van der Waals surface area contributed by atoms with Gasteiger partial charge < -0.3 is 19.8 Å². The highest BCUT2D eigenvalue weighted by atomic mass is 16.5. The summed E-state index contributed by atoms with van der Waals surface area (Å²) >= 11 is 0. The molecule has 5 nitrogen and oxygen atoms in total. The summed E-state index contributed by atoms with van der Waals surface area (Å²) in [5.41, 5.74) is 0.262. The van der Waals surface area contributed by atoms with E-state index < -0.39 is 5.60 Å². The third kappa shape index (κ3) is 5.68. The van der Waals surface area contributed by atoms with Gasteiger partial charge in [0.25, 0.3) is 0 Å². The van der Waals surface area contributed by atoms with Crippen LogP contribution in [-0.2, 0) is 6.54 Å². The fourth-order valence-electron chi connectivity index (χ4n) is 3.86. The van der Waals surface area contributed by atoms with E-state index in [1.807, 2.05) is 12.1 Å². The predicted octanol–water partition coefficient (Wildman–Crippen LogP) is 1.87. The average molecular weight is 348 g/mol. The maximum Gasteiger partial charge on any atom is 0.119 e. The van der Waals surface area contributed by atoms with Crippen LogP contribution < -0.4 is 4.74 Å². The Kier molecular flexibility index (Phi) is 6.70. The molecule has 1 aromatic carbocycles. The van der Waals surface area contributed by atoms with E-state index in [0.717, 1.165) is 38.4 Å². The monoisotopic (exact) mass is 348 g/mol. The molecule has 2 N–H and O–H groups in total. The molecule has 140 valence electrons. The molecule has 2 heterocycles. The Hall–Kier alpha value is -1.14. The van der Waals surface area contributed by atoms with Crippen molar-refractivity contribution in [2.24, 2.45) is 0 Å². The highest BCUT2D eigenvalue weighted by Crippen LogP contribution is 2.23. The van der Waals surface area contributed by atoms with Crippen LogP contribution in [0, 0.1) is 0 Å². The summed E-state index contributed by atoms with van der Waals surface area (Å²) in [4.78, 5) is 4.73. The SMILES string of the molecule is OC[C@@]1(O)CCN(Cc2cccc(OCCCN3CCCCC3)c2)C1. The molecule has 0 bridgehead atoms. The molecule has 2 saturated heterocycles. The van der Waals surface area contributed by atoms with Crippen molar-refractivity contribution in [3.05, 3.63) is 29.8 Å². The summed E-state index contributed by atoms with van der Waals surface area (Å²) in [6, 6.07) is 8.23. The highest BCUT2D eigenvalue weighted by molar-refractivity contribution is 5.28. The van der Waals surface area contributed by atoms with E-state index in [9.17, 15) is 10.2 Å². The minimum absolute atomic E-state index is 0.163. The number of aliphatic hydroxyl groups is 2. The second kappa shape index (κ2) is 8.99. The smallest absolute Gasteiger partial charge is 0.119 e. The lowest BCUT2D eigenvalue weighted by Crippen LogP contribution is -2.36. The van der Waals surface area contributed by atoms with Gasteiger partial charge in [0.05, 0.1) is 13.2 Å².